The predicted octanol–water partition coefficient (Wildman–Crippen LogP) is 6.24. The monoisotopic (exact) mass is 920 g/mol. The van der Waals surface area contributed by atoms with Gasteiger partial charge in [0.25, 0.3) is 11.8 Å². The minimum absolute atomic E-state index is 0.0192. The predicted molar refractivity (Wildman–Crippen MR) is 245 cm³/mol. The summed E-state index contributed by atoms with van der Waals surface area (Å²) in [5, 5.41) is 17.5. The van der Waals surface area contributed by atoms with E-state index < -0.39 is 53.0 Å². The van der Waals surface area contributed by atoms with Crippen molar-refractivity contribution in [3.05, 3.63) is 95.8 Å². The van der Waals surface area contributed by atoms with E-state index in [1.807, 2.05) is 55.7 Å². The number of rotatable bonds is 25. The van der Waals surface area contributed by atoms with Crippen LogP contribution in [0, 0.1) is 23.0 Å². The average molecular weight is 921 g/mol. The summed E-state index contributed by atoms with van der Waals surface area (Å²) in [5.74, 6) is -4.62. The van der Waals surface area contributed by atoms with Gasteiger partial charge in [-0.05, 0) is 67.3 Å². The molecular formula is C48H62F2N6O8S. The van der Waals surface area contributed by atoms with Gasteiger partial charge in [0.05, 0.1) is 18.2 Å². The van der Waals surface area contributed by atoms with Gasteiger partial charge in [-0.15, -0.1) is 0 Å². The fourth-order valence-electron chi connectivity index (χ4n) is 7.56. The molecule has 0 saturated heterocycles. The first-order chi connectivity index (χ1) is 30.8. The molecule has 65 heavy (non-hydrogen) atoms. The second-order valence-electron chi connectivity index (χ2n) is 17.6. The number of nitrogens with one attached hydrogen (secondary N) is 3. The van der Waals surface area contributed by atoms with Crippen molar-refractivity contribution in [1.29, 1.82) is 0 Å². The maximum atomic E-state index is 15.2. The molecule has 1 aliphatic heterocycles. The van der Waals surface area contributed by atoms with E-state index in [2.05, 4.69) is 16.0 Å². The zero-order chi connectivity index (χ0) is 47.8. The average Bonchev–Trinajstić information content (AvgIpc) is 3.79. The van der Waals surface area contributed by atoms with Crippen LogP contribution in [0.15, 0.2) is 72.9 Å². The van der Waals surface area contributed by atoms with Gasteiger partial charge in [0, 0.05) is 73.5 Å². The van der Waals surface area contributed by atoms with E-state index in [-0.39, 0.29) is 79.1 Å². The van der Waals surface area contributed by atoms with Crippen LogP contribution in [0.2, 0.25) is 0 Å². The molecule has 14 nitrogen and oxygen atoms in total. The maximum absolute atomic E-state index is 15.2. The summed E-state index contributed by atoms with van der Waals surface area (Å²) in [7, 11) is 0. The fraction of sp³-hybridized carbons (Fsp3) is 0.479. The van der Waals surface area contributed by atoms with Crippen LogP contribution in [-0.2, 0) is 40.1 Å². The van der Waals surface area contributed by atoms with Gasteiger partial charge in [0.15, 0.2) is 0 Å². The molecule has 1 aromatic heterocycles. The highest BCUT2D eigenvalue weighted by Crippen LogP contribution is 2.41. The van der Waals surface area contributed by atoms with Crippen molar-refractivity contribution in [3.8, 4) is 11.1 Å². The van der Waals surface area contributed by atoms with Gasteiger partial charge in [0.1, 0.15) is 23.7 Å². The van der Waals surface area contributed by atoms with E-state index in [9.17, 15) is 43.1 Å². The van der Waals surface area contributed by atoms with Crippen LogP contribution < -0.4 is 16.0 Å². The lowest BCUT2D eigenvalue weighted by Crippen LogP contribution is -2.54. The van der Waals surface area contributed by atoms with Crippen molar-refractivity contribution < 1.29 is 47.4 Å². The van der Waals surface area contributed by atoms with Crippen molar-refractivity contribution in [2.75, 3.05) is 31.1 Å². The maximum Gasteiger partial charge on any atom is 0.304 e. The first kappa shape index (κ1) is 51.8. The molecule has 1 unspecified atom stereocenters. The van der Waals surface area contributed by atoms with Crippen LogP contribution in [-0.4, -0.2) is 104 Å². The molecule has 2 aromatic carbocycles. The first-order valence-corrected chi connectivity index (χ1v) is 23.1. The normalized spacial score (nSPS) is 14.0. The van der Waals surface area contributed by atoms with Gasteiger partial charge in [-0.2, -0.15) is 11.8 Å². The molecule has 0 bridgehead atoms. The molecule has 4 rings (SSSR count). The zero-order valence-corrected chi connectivity index (χ0v) is 38.9. The molecule has 0 radical (unpaired) electrons. The highest BCUT2D eigenvalue weighted by Gasteiger charge is 2.37. The Hall–Kier alpha value is -5.84. The second-order valence-corrected chi connectivity index (χ2v) is 18.7. The minimum atomic E-state index is -0.981. The summed E-state index contributed by atoms with van der Waals surface area (Å²) < 4.78 is 31.7. The number of carboxylic acids is 1. The number of benzene rings is 2. The Kier molecular flexibility index (Phi) is 19.5. The molecule has 0 aliphatic carbocycles. The number of thioether (sulfide) groups is 1. The molecule has 17 heteroatoms. The summed E-state index contributed by atoms with van der Waals surface area (Å²) in [5.41, 5.74) is 1.48. The van der Waals surface area contributed by atoms with Crippen molar-refractivity contribution in [2.45, 2.75) is 105 Å². The third-order valence-electron chi connectivity index (χ3n) is 10.9. The largest absolute Gasteiger partial charge is 0.481 e. The molecule has 0 spiro atoms. The number of nitrogens with zero attached hydrogens (tertiary/aromatic N) is 3. The van der Waals surface area contributed by atoms with E-state index in [4.69, 9.17) is 0 Å². The minimum Gasteiger partial charge on any atom is -0.481 e. The number of imide groups is 1. The summed E-state index contributed by atoms with van der Waals surface area (Å²) in [4.78, 5) is 91.3. The first-order valence-electron chi connectivity index (χ1n) is 22.0. The molecule has 352 valence electrons. The quantitative estimate of drug-likeness (QED) is 0.0564. The van der Waals surface area contributed by atoms with E-state index in [0.29, 0.717) is 43.5 Å². The van der Waals surface area contributed by atoms with Gasteiger partial charge < -0.3 is 30.5 Å². The van der Waals surface area contributed by atoms with Crippen LogP contribution in [0.1, 0.15) is 97.4 Å². The Labute approximate surface area is 383 Å². The Morgan fingerprint density at radius 2 is 1.54 bits per heavy atom. The summed E-state index contributed by atoms with van der Waals surface area (Å²) in [6.07, 6.45) is 6.12. The SMILES string of the molecule is CC(C)C(NC(=O)CCCCCN1C(=O)C=CC1=O)C(=O)N[C@@H](C)C(=O)NCCCN(C(=O)CSCCC(=O)O)[C@@H](c1cc(-c2cc(F)ccc2F)cn1Cc1ccccc1)C(C)(C)C. The molecule has 0 saturated carbocycles. The highest BCUT2D eigenvalue weighted by atomic mass is 32.2. The number of hydrogen-bond acceptors (Lipinski definition) is 8. The van der Waals surface area contributed by atoms with Crippen LogP contribution in [0.4, 0.5) is 8.78 Å². The molecule has 6 amide bonds. The number of amides is 6. The number of aliphatic carboxylic acids is 1. The number of halogens is 2. The summed E-state index contributed by atoms with van der Waals surface area (Å²) in [6.45, 7) is 11.9. The van der Waals surface area contributed by atoms with Gasteiger partial charge in [-0.3, -0.25) is 38.5 Å². The Bertz CT molecular complexity index is 2170. The summed E-state index contributed by atoms with van der Waals surface area (Å²) in [6, 6.07) is 12.1. The molecule has 3 atom stereocenters. The molecule has 2 heterocycles. The van der Waals surface area contributed by atoms with Gasteiger partial charge in [0.2, 0.25) is 23.6 Å². The van der Waals surface area contributed by atoms with Crippen LogP contribution in [0.25, 0.3) is 11.1 Å². The number of carbonyl (C=O) groups excluding carboxylic acids is 6. The van der Waals surface area contributed by atoms with E-state index in [1.165, 1.54) is 30.8 Å². The number of unbranched alkanes of at least 4 members (excludes halogenated alkanes) is 2. The lowest BCUT2D eigenvalue weighted by molar-refractivity contribution is -0.138. The Morgan fingerprint density at radius 3 is 2.18 bits per heavy atom. The van der Waals surface area contributed by atoms with Crippen LogP contribution in [0.3, 0.4) is 0 Å². The zero-order valence-electron chi connectivity index (χ0n) is 38.0. The highest BCUT2D eigenvalue weighted by molar-refractivity contribution is 7.99. The number of hydrogen-bond donors (Lipinski definition) is 4. The number of carbonyl (C=O) groups is 7. The lowest BCUT2D eigenvalue weighted by atomic mass is 9.83. The lowest BCUT2D eigenvalue weighted by Gasteiger charge is -2.41. The smallest absolute Gasteiger partial charge is 0.304 e. The van der Waals surface area contributed by atoms with Crippen LogP contribution in [0.5, 0.6) is 0 Å². The van der Waals surface area contributed by atoms with E-state index in [0.717, 1.165) is 28.7 Å². The van der Waals surface area contributed by atoms with Gasteiger partial charge in [-0.1, -0.05) is 71.4 Å². The van der Waals surface area contributed by atoms with Crippen molar-refractivity contribution in [1.82, 2.24) is 30.3 Å². The van der Waals surface area contributed by atoms with Crippen molar-refractivity contribution in [2.24, 2.45) is 11.3 Å². The van der Waals surface area contributed by atoms with Crippen molar-refractivity contribution >= 4 is 53.2 Å². The van der Waals surface area contributed by atoms with E-state index >= 15 is 4.39 Å². The summed E-state index contributed by atoms with van der Waals surface area (Å²) >= 11 is 1.19. The standard InChI is InChI=1S/C48H62F2N6O8S/c1-31(2)44(53-39(57)16-11-8-12-23-55-40(58)19-20-41(55)59)47(64)52-32(3)46(63)51-22-13-24-56(42(60)30-65-25-21-43(61)62)45(48(4,5)6)38-26-34(36-27-35(49)17-18-37(36)50)29-54(38)28-33-14-9-7-10-15-33/h7,9-10,14-15,17-20,26-27,29,31-32,44-45H,8,11-13,16,21-25,28,30H2,1-6H3,(H,51,63)(H,52,64)(H,53,57)(H,61,62)/t32-,44?,45-/m0/s1. The van der Waals surface area contributed by atoms with Crippen molar-refractivity contribution in [3.63, 3.8) is 0 Å². The third kappa shape index (κ3) is 15.7. The third-order valence-corrected chi connectivity index (χ3v) is 11.8. The molecule has 3 aromatic rings. The van der Waals surface area contributed by atoms with E-state index in [1.54, 1.807) is 31.0 Å². The Morgan fingerprint density at radius 1 is 0.846 bits per heavy atom. The fourth-order valence-corrected chi connectivity index (χ4v) is 8.36. The second kappa shape index (κ2) is 24.4. The molecular weight excluding hydrogens is 859 g/mol. The number of carboxylic acid groups (broad SMARTS) is 1. The van der Waals surface area contributed by atoms with Gasteiger partial charge >= 0.3 is 5.97 Å². The van der Waals surface area contributed by atoms with Gasteiger partial charge in [-0.25, -0.2) is 8.78 Å². The molecule has 0 fully saturated rings. The van der Waals surface area contributed by atoms with Crippen LogP contribution >= 0.6 is 11.8 Å². The number of aromatic nitrogens is 1. The topological polar surface area (TPSA) is 187 Å². The Balaban J connectivity index is 1.44. The molecule has 1 aliphatic rings. The molecule has 4 N–H and O–H groups in total.